The fraction of sp³-hybridized carbons (Fsp3) is 0.588. The molecule has 0 saturated carbocycles. The minimum atomic E-state index is -1.20. The van der Waals surface area contributed by atoms with Gasteiger partial charge in [-0.2, -0.15) is 5.10 Å². The van der Waals surface area contributed by atoms with Crippen molar-refractivity contribution in [2.75, 3.05) is 0 Å². The highest BCUT2D eigenvalue weighted by atomic mass is 16.5. The average molecular weight is 366 g/mol. The second-order valence-electron chi connectivity index (χ2n) is 6.87. The molecule has 9 heteroatoms. The molecule has 1 rings (SSSR count). The normalized spacial score (nSPS) is 12.2. The standard InChI is InChI=1S/C17H26N4O5/c1-6-7-10-21-13(22)9-8-12(20-21)15(24)26-11(2)14(23)18-16(25)19-17(3,4)5/h8-9,11H,6-7,10H2,1-5H3,(H2,18,19,23,25)/t11-/m1/s1. The van der Waals surface area contributed by atoms with Crippen LogP contribution in [0.1, 0.15) is 57.9 Å². The second kappa shape index (κ2) is 9.12. The van der Waals surface area contributed by atoms with Crippen molar-refractivity contribution < 1.29 is 19.1 Å². The summed E-state index contributed by atoms with van der Waals surface area (Å²) in [5.41, 5.74) is -0.917. The number of carbonyl (C=O) groups excluding carboxylic acids is 3. The third-order valence-corrected chi connectivity index (χ3v) is 3.18. The summed E-state index contributed by atoms with van der Waals surface area (Å²) >= 11 is 0. The van der Waals surface area contributed by atoms with E-state index in [0.717, 1.165) is 12.8 Å². The molecule has 1 aromatic rings. The maximum atomic E-state index is 12.1. The topological polar surface area (TPSA) is 119 Å². The number of hydrogen-bond acceptors (Lipinski definition) is 6. The molecule has 0 bridgehead atoms. The Kier molecular flexibility index (Phi) is 7.48. The molecule has 1 heterocycles. The third kappa shape index (κ3) is 7.04. The van der Waals surface area contributed by atoms with Gasteiger partial charge in [-0.3, -0.25) is 14.9 Å². The van der Waals surface area contributed by atoms with E-state index in [4.69, 9.17) is 4.74 Å². The number of hydrogen-bond donors (Lipinski definition) is 2. The van der Waals surface area contributed by atoms with Gasteiger partial charge < -0.3 is 10.1 Å². The van der Waals surface area contributed by atoms with Crippen molar-refractivity contribution >= 4 is 17.9 Å². The zero-order chi connectivity index (χ0) is 19.9. The molecule has 0 aliphatic rings. The van der Waals surface area contributed by atoms with Crippen LogP contribution in [0, 0.1) is 0 Å². The van der Waals surface area contributed by atoms with Gasteiger partial charge in [0.25, 0.3) is 11.5 Å². The lowest BCUT2D eigenvalue weighted by atomic mass is 10.1. The lowest BCUT2D eigenvalue weighted by Crippen LogP contribution is -2.50. The molecular weight excluding hydrogens is 340 g/mol. The van der Waals surface area contributed by atoms with E-state index in [0.29, 0.717) is 6.54 Å². The van der Waals surface area contributed by atoms with Crippen LogP contribution in [-0.2, 0) is 16.1 Å². The Hall–Kier alpha value is -2.71. The number of urea groups is 1. The van der Waals surface area contributed by atoms with Gasteiger partial charge in [0, 0.05) is 18.2 Å². The van der Waals surface area contributed by atoms with Crippen molar-refractivity contribution in [3.63, 3.8) is 0 Å². The molecule has 9 nitrogen and oxygen atoms in total. The molecule has 3 amide bonds. The summed E-state index contributed by atoms with van der Waals surface area (Å²) in [5.74, 6) is -1.62. The molecule has 144 valence electrons. The number of esters is 1. The van der Waals surface area contributed by atoms with E-state index in [9.17, 15) is 19.2 Å². The molecule has 0 aromatic carbocycles. The van der Waals surface area contributed by atoms with Crippen LogP contribution in [-0.4, -0.2) is 39.3 Å². The van der Waals surface area contributed by atoms with E-state index in [1.165, 1.54) is 23.7 Å². The van der Waals surface area contributed by atoms with Crippen molar-refractivity contribution in [1.29, 1.82) is 0 Å². The molecule has 0 spiro atoms. The highest BCUT2D eigenvalue weighted by molar-refractivity contribution is 5.98. The van der Waals surface area contributed by atoms with Crippen molar-refractivity contribution in [3.05, 3.63) is 28.2 Å². The summed E-state index contributed by atoms with van der Waals surface area (Å²) in [6.07, 6.45) is 0.412. The predicted molar refractivity (Wildman–Crippen MR) is 94.7 cm³/mol. The van der Waals surface area contributed by atoms with Gasteiger partial charge in [-0.25, -0.2) is 14.3 Å². The zero-order valence-electron chi connectivity index (χ0n) is 15.8. The number of ether oxygens (including phenoxy) is 1. The maximum absolute atomic E-state index is 12.1. The Morgan fingerprint density at radius 2 is 1.92 bits per heavy atom. The first-order chi connectivity index (χ1) is 12.0. The summed E-state index contributed by atoms with van der Waals surface area (Å²) in [4.78, 5) is 47.5. The van der Waals surface area contributed by atoms with Gasteiger partial charge >= 0.3 is 12.0 Å². The van der Waals surface area contributed by atoms with Gasteiger partial charge in [0.15, 0.2) is 11.8 Å². The van der Waals surface area contributed by atoms with Crippen LogP contribution in [0.4, 0.5) is 4.79 Å². The largest absolute Gasteiger partial charge is 0.448 e. The lowest BCUT2D eigenvalue weighted by Gasteiger charge is -2.21. The number of aromatic nitrogens is 2. The molecular formula is C17H26N4O5. The first-order valence-corrected chi connectivity index (χ1v) is 8.45. The summed E-state index contributed by atoms with van der Waals surface area (Å²) < 4.78 is 6.20. The molecule has 0 unspecified atom stereocenters. The molecule has 26 heavy (non-hydrogen) atoms. The first-order valence-electron chi connectivity index (χ1n) is 8.45. The summed E-state index contributed by atoms with van der Waals surface area (Å²) in [5, 5.41) is 8.61. The molecule has 1 atom stereocenters. The Balaban J connectivity index is 2.70. The van der Waals surface area contributed by atoms with E-state index < -0.39 is 29.6 Å². The molecule has 0 radical (unpaired) electrons. The van der Waals surface area contributed by atoms with E-state index in [1.54, 1.807) is 20.8 Å². The number of rotatable bonds is 6. The molecule has 0 saturated heterocycles. The Morgan fingerprint density at radius 3 is 2.50 bits per heavy atom. The number of aryl methyl sites for hydroxylation is 1. The Morgan fingerprint density at radius 1 is 1.27 bits per heavy atom. The highest BCUT2D eigenvalue weighted by Crippen LogP contribution is 2.02. The number of imide groups is 1. The average Bonchev–Trinajstić information content (AvgIpc) is 2.51. The quantitative estimate of drug-likeness (QED) is 0.731. The molecule has 0 aliphatic carbocycles. The minimum absolute atomic E-state index is 0.0838. The molecule has 2 N–H and O–H groups in total. The van der Waals surface area contributed by atoms with Gasteiger partial charge in [0.1, 0.15) is 0 Å². The van der Waals surface area contributed by atoms with E-state index in [2.05, 4.69) is 15.7 Å². The monoisotopic (exact) mass is 366 g/mol. The Labute approximate surface area is 152 Å². The number of nitrogens with one attached hydrogen (secondary N) is 2. The van der Waals surface area contributed by atoms with Crippen molar-refractivity contribution in [2.24, 2.45) is 0 Å². The second-order valence-corrected chi connectivity index (χ2v) is 6.87. The van der Waals surface area contributed by atoms with Crippen LogP contribution in [0.25, 0.3) is 0 Å². The minimum Gasteiger partial charge on any atom is -0.448 e. The van der Waals surface area contributed by atoms with Crippen molar-refractivity contribution in [1.82, 2.24) is 20.4 Å². The van der Waals surface area contributed by atoms with Gasteiger partial charge in [-0.1, -0.05) is 13.3 Å². The van der Waals surface area contributed by atoms with E-state index >= 15 is 0 Å². The Bertz CT molecular complexity index is 721. The van der Waals surface area contributed by atoms with Crippen LogP contribution in [0.3, 0.4) is 0 Å². The lowest BCUT2D eigenvalue weighted by molar-refractivity contribution is -0.127. The van der Waals surface area contributed by atoms with Crippen molar-refractivity contribution in [3.8, 4) is 0 Å². The summed E-state index contributed by atoms with van der Waals surface area (Å²) in [6.45, 7) is 8.99. The van der Waals surface area contributed by atoms with Gasteiger partial charge in [-0.05, 0) is 40.2 Å². The van der Waals surface area contributed by atoms with Crippen LogP contribution in [0.2, 0.25) is 0 Å². The molecule has 0 fully saturated rings. The van der Waals surface area contributed by atoms with Crippen LogP contribution < -0.4 is 16.2 Å². The number of unbranched alkanes of at least 4 members (excludes halogenated alkanes) is 1. The van der Waals surface area contributed by atoms with Crippen LogP contribution in [0.5, 0.6) is 0 Å². The molecule has 1 aromatic heterocycles. The van der Waals surface area contributed by atoms with Gasteiger partial charge in [0.05, 0.1) is 0 Å². The first kappa shape index (κ1) is 21.3. The molecule has 0 aliphatic heterocycles. The van der Waals surface area contributed by atoms with Crippen molar-refractivity contribution in [2.45, 2.75) is 65.6 Å². The number of amides is 3. The third-order valence-electron chi connectivity index (χ3n) is 3.18. The van der Waals surface area contributed by atoms with Gasteiger partial charge in [0.2, 0.25) is 0 Å². The SMILES string of the molecule is CCCCn1nc(C(=O)O[C@H](C)C(=O)NC(=O)NC(C)(C)C)ccc1=O. The summed E-state index contributed by atoms with van der Waals surface area (Å²) in [7, 11) is 0. The number of nitrogens with zero attached hydrogens (tertiary/aromatic N) is 2. The maximum Gasteiger partial charge on any atom is 0.359 e. The fourth-order valence-corrected chi connectivity index (χ4v) is 1.89. The van der Waals surface area contributed by atoms with Crippen LogP contribution in [0.15, 0.2) is 16.9 Å². The smallest absolute Gasteiger partial charge is 0.359 e. The summed E-state index contributed by atoms with van der Waals surface area (Å²) in [6, 6.07) is 1.78. The van der Waals surface area contributed by atoms with Crippen LogP contribution >= 0.6 is 0 Å². The predicted octanol–water partition coefficient (Wildman–Crippen LogP) is 1.21. The van der Waals surface area contributed by atoms with Gasteiger partial charge in [-0.15, -0.1) is 0 Å². The van der Waals surface area contributed by atoms with E-state index in [-0.39, 0.29) is 11.3 Å². The fourth-order valence-electron chi connectivity index (χ4n) is 1.89. The van der Waals surface area contributed by atoms with E-state index in [1.807, 2.05) is 6.92 Å². The zero-order valence-corrected chi connectivity index (χ0v) is 15.8. The number of carbonyl (C=O) groups is 3. The highest BCUT2D eigenvalue weighted by Gasteiger charge is 2.23.